The van der Waals surface area contributed by atoms with Crippen LogP contribution in [0.4, 0.5) is 0 Å². The van der Waals surface area contributed by atoms with E-state index in [1.165, 1.54) is 0 Å². The predicted octanol–water partition coefficient (Wildman–Crippen LogP) is 5.73. The van der Waals surface area contributed by atoms with E-state index in [1.54, 1.807) is 20.4 Å². The summed E-state index contributed by atoms with van der Waals surface area (Å²) >= 11 is 9.05. The van der Waals surface area contributed by atoms with E-state index >= 15 is 0 Å². The molecule has 144 valence electrons. The van der Waals surface area contributed by atoms with E-state index in [4.69, 9.17) is 9.47 Å². The molecule has 0 saturated heterocycles. The van der Waals surface area contributed by atoms with Crippen LogP contribution in [0.15, 0.2) is 45.6 Å². The van der Waals surface area contributed by atoms with Crippen molar-refractivity contribution in [2.24, 2.45) is 7.05 Å². The predicted molar refractivity (Wildman–Crippen MR) is 125 cm³/mol. The highest BCUT2D eigenvalue weighted by atomic mass is 127. The summed E-state index contributed by atoms with van der Waals surface area (Å²) in [6.07, 6.45) is 3.61. The van der Waals surface area contributed by atoms with Crippen molar-refractivity contribution in [2.75, 3.05) is 19.2 Å². The lowest BCUT2D eigenvalue weighted by Gasteiger charge is -2.02. The molecule has 4 aromatic rings. The zero-order valence-corrected chi connectivity index (χ0v) is 20.6. The van der Waals surface area contributed by atoms with Crippen LogP contribution < -0.4 is 9.47 Å². The van der Waals surface area contributed by atoms with Gasteiger partial charge in [-0.25, -0.2) is 0 Å². The number of aromatic nitrogens is 4. The van der Waals surface area contributed by atoms with Crippen molar-refractivity contribution < 1.29 is 9.47 Å². The fraction of sp³-hybridized carbons (Fsp3) is 0.222. The van der Waals surface area contributed by atoms with Gasteiger partial charge in [0.05, 0.1) is 37.6 Å². The first-order valence-corrected chi connectivity index (χ1v) is 11.5. The summed E-state index contributed by atoms with van der Waals surface area (Å²) in [7, 11) is 5.21. The Morgan fingerprint density at radius 1 is 0.926 bits per heavy atom. The molecule has 9 heteroatoms. The number of nitrogens with zero attached hydrogens (tertiary/aromatic N) is 3. The first-order valence-electron chi connectivity index (χ1n) is 7.73. The van der Waals surface area contributed by atoms with E-state index in [0.29, 0.717) is 0 Å². The molecule has 27 heavy (non-hydrogen) atoms. The Morgan fingerprint density at radius 2 is 1.52 bits per heavy atom. The second-order valence-electron chi connectivity index (χ2n) is 5.25. The number of benzene rings is 2. The van der Waals surface area contributed by atoms with E-state index < -0.39 is 0 Å². The van der Waals surface area contributed by atoms with Crippen molar-refractivity contribution in [3.8, 4) is 11.5 Å². The zero-order chi connectivity index (χ0) is 20.0. The number of halogens is 3. The third kappa shape index (κ3) is 5.14. The molecular formula is C18H19Br2IN4O2. The summed E-state index contributed by atoms with van der Waals surface area (Å²) in [5.74, 6) is 1.65. The maximum absolute atomic E-state index is 5.16. The van der Waals surface area contributed by atoms with Crippen molar-refractivity contribution in [3.63, 3.8) is 0 Å². The lowest BCUT2D eigenvalue weighted by atomic mass is 10.2. The molecule has 0 aliphatic rings. The number of methoxy groups -OCH3 is 2. The summed E-state index contributed by atoms with van der Waals surface area (Å²) in [5.41, 5.74) is 2.03. The number of rotatable bonds is 2. The molecule has 0 radical (unpaired) electrons. The van der Waals surface area contributed by atoms with E-state index in [2.05, 4.69) is 69.7 Å². The summed E-state index contributed by atoms with van der Waals surface area (Å²) in [6, 6.07) is 7.72. The van der Waals surface area contributed by atoms with Gasteiger partial charge < -0.3 is 9.47 Å². The van der Waals surface area contributed by atoms with Crippen LogP contribution >= 0.6 is 54.5 Å². The van der Waals surface area contributed by atoms with Crippen molar-refractivity contribution >= 4 is 76.3 Å². The van der Waals surface area contributed by atoms with Crippen LogP contribution in [0.1, 0.15) is 0 Å². The lowest BCUT2D eigenvalue weighted by Crippen LogP contribution is -1.90. The van der Waals surface area contributed by atoms with Gasteiger partial charge in [-0.1, -0.05) is 22.6 Å². The van der Waals surface area contributed by atoms with Crippen LogP contribution in [0.5, 0.6) is 11.5 Å². The third-order valence-electron chi connectivity index (χ3n) is 3.74. The molecule has 2 heterocycles. The maximum atomic E-state index is 5.16. The average molecular weight is 610 g/mol. The molecule has 0 bridgehead atoms. The highest BCUT2D eigenvalue weighted by molar-refractivity contribution is 14.1. The van der Waals surface area contributed by atoms with E-state index in [1.807, 2.05) is 47.1 Å². The molecule has 0 saturated carbocycles. The molecule has 0 amide bonds. The van der Waals surface area contributed by atoms with Gasteiger partial charge in [-0.15, -0.1) is 0 Å². The molecule has 0 fully saturated rings. The van der Waals surface area contributed by atoms with Gasteiger partial charge in [0.15, 0.2) is 0 Å². The Labute approximate surface area is 188 Å². The number of H-pyrrole nitrogens is 1. The molecule has 0 atom stereocenters. The van der Waals surface area contributed by atoms with Gasteiger partial charge in [-0.05, 0) is 48.9 Å². The second-order valence-corrected chi connectivity index (χ2v) is 6.96. The Balaban J connectivity index is 0.000000178. The molecule has 0 spiro atoms. The average Bonchev–Trinajstić information content (AvgIpc) is 3.31. The minimum absolute atomic E-state index is 0.818. The number of ether oxygens (including phenoxy) is 2. The molecule has 6 nitrogen and oxygen atoms in total. The van der Waals surface area contributed by atoms with Gasteiger partial charge in [-0.3, -0.25) is 9.78 Å². The highest BCUT2D eigenvalue weighted by Crippen LogP contribution is 2.29. The van der Waals surface area contributed by atoms with Crippen molar-refractivity contribution in [1.29, 1.82) is 0 Å². The molecule has 2 aromatic heterocycles. The van der Waals surface area contributed by atoms with Gasteiger partial charge in [0, 0.05) is 38.9 Å². The van der Waals surface area contributed by atoms with E-state index in [9.17, 15) is 0 Å². The first kappa shape index (κ1) is 22.0. The molecule has 0 aliphatic heterocycles. The number of fused-ring (bicyclic) bond motifs is 2. The van der Waals surface area contributed by atoms with Crippen molar-refractivity contribution in [3.05, 3.63) is 45.6 Å². The van der Waals surface area contributed by atoms with E-state index in [0.717, 1.165) is 42.3 Å². The second kappa shape index (κ2) is 10.3. The smallest absolute Gasteiger partial charge is 0.122 e. The Morgan fingerprint density at radius 3 is 2.15 bits per heavy atom. The molecule has 0 aliphatic carbocycles. The largest absolute Gasteiger partial charge is 0.497 e. The molecular weight excluding hydrogens is 591 g/mol. The number of hydrogen-bond acceptors (Lipinski definition) is 4. The van der Waals surface area contributed by atoms with Crippen LogP contribution in [0.2, 0.25) is 0 Å². The van der Waals surface area contributed by atoms with Crippen molar-refractivity contribution in [1.82, 2.24) is 20.0 Å². The van der Waals surface area contributed by atoms with E-state index in [-0.39, 0.29) is 0 Å². The number of nitrogens with one attached hydrogen (secondary N) is 1. The molecule has 0 unspecified atom stereocenters. The Kier molecular flexibility index (Phi) is 8.36. The van der Waals surface area contributed by atoms with Crippen molar-refractivity contribution in [2.45, 2.75) is 0 Å². The van der Waals surface area contributed by atoms with Gasteiger partial charge in [-0.2, -0.15) is 10.2 Å². The van der Waals surface area contributed by atoms with Crippen LogP contribution in [0, 0.1) is 0 Å². The summed E-state index contributed by atoms with van der Waals surface area (Å²) < 4.78 is 14.1. The fourth-order valence-electron chi connectivity index (χ4n) is 2.40. The Bertz CT molecular complexity index is 1030. The SMILES string of the molecule is CI.COc1cc(Br)c2cn[nH]c2c1.COc1cc(Br)c2cnn(C)c2c1. The third-order valence-corrected chi connectivity index (χ3v) is 5.06. The van der Waals surface area contributed by atoms with Gasteiger partial charge in [0.2, 0.25) is 0 Å². The van der Waals surface area contributed by atoms with Crippen LogP contribution in [0.25, 0.3) is 21.8 Å². The summed E-state index contributed by atoms with van der Waals surface area (Å²) in [5, 5.41) is 13.1. The first-order chi connectivity index (χ1) is 13.0. The maximum Gasteiger partial charge on any atom is 0.122 e. The molecule has 2 aromatic carbocycles. The molecule has 1 N–H and O–H groups in total. The van der Waals surface area contributed by atoms with Gasteiger partial charge >= 0.3 is 0 Å². The fourth-order valence-corrected chi connectivity index (χ4v) is 3.47. The zero-order valence-electron chi connectivity index (χ0n) is 15.3. The van der Waals surface area contributed by atoms with Crippen LogP contribution in [-0.4, -0.2) is 39.1 Å². The van der Waals surface area contributed by atoms with Crippen LogP contribution in [-0.2, 0) is 7.05 Å². The van der Waals surface area contributed by atoms with Gasteiger partial charge in [0.1, 0.15) is 11.5 Å². The Hall–Kier alpha value is -1.33. The standard InChI is InChI=1S/C9H9BrN2O.C8H7BrN2O.CH3I/c1-12-9-4-6(13-2)3-8(10)7(9)5-11-12;1-12-5-2-7(9)6-4-10-11-8(6)3-5;1-2/h3-5H,1-2H3;2-4H,1H3,(H,10,11);1H3. The monoisotopic (exact) mass is 608 g/mol. The summed E-state index contributed by atoms with van der Waals surface area (Å²) in [6.45, 7) is 0. The number of aryl methyl sites for hydroxylation is 1. The minimum Gasteiger partial charge on any atom is -0.497 e. The quantitative estimate of drug-likeness (QED) is 0.233. The highest BCUT2D eigenvalue weighted by Gasteiger charge is 2.05. The number of hydrogen-bond donors (Lipinski definition) is 1. The van der Waals surface area contributed by atoms with Crippen LogP contribution in [0.3, 0.4) is 0 Å². The minimum atomic E-state index is 0.818. The normalized spacial score (nSPS) is 10.0. The molecule has 4 rings (SSSR count). The number of alkyl halides is 1. The lowest BCUT2D eigenvalue weighted by molar-refractivity contribution is 0.415. The number of aromatic amines is 1. The van der Waals surface area contributed by atoms with Gasteiger partial charge in [0.25, 0.3) is 0 Å². The summed E-state index contributed by atoms with van der Waals surface area (Å²) in [4.78, 5) is 1.97. The topological polar surface area (TPSA) is 65.0 Å².